The number of imide groups is 1. The fourth-order valence-corrected chi connectivity index (χ4v) is 1.91. The molecule has 0 aliphatic heterocycles. The van der Waals surface area contributed by atoms with Crippen molar-refractivity contribution in [1.82, 2.24) is 10.6 Å². The van der Waals surface area contributed by atoms with E-state index in [1.165, 1.54) is 6.92 Å². The number of hydrogen-bond donors (Lipinski definition) is 2. The maximum Gasteiger partial charge on any atom is 0.344 e. The van der Waals surface area contributed by atoms with E-state index in [4.69, 9.17) is 14.2 Å². The second-order valence-electron chi connectivity index (χ2n) is 6.91. The summed E-state index contributed by atoms with van der Waals surface area (Å²) >= 11 is 0. The molecule has 0 saturated carbocycles. The first kappa shape index (κ1) is 22.3. The Hall–Kier alpha value is -2.77. The van der Waals surface area contributed by atoms with Gasteiger partial charge in [0, 0.05) is 5.54 Å². The zero-order chi connectivity index (χ0) is 20.4. The molecule has 0 aliphatic rings. The van der Waals surface area contributed by atoms with Gasteiger partial charge in [-0.05, 0) is 46.2 Å². The molecule has 1 rings (SSSR count). The van der Waals surface area contributed by atoms with Crippen molar-refractivity contribution in [3.63, 3.8) is 0 Å². The first-order chi connectivity index (χ1) is 12.6. The number of urea groups is 1. The Bertz CT molecular complexity index is 654. The summed E-state index contributed by atoms with van der Waals surface area (Å²) in [7, 11) is 0. The van der Waals surface area contributed by atoms with E-state index in [9.17, 15) is 14.4 Å². The minimum Gasteiger partial charge on any atom is -0.490 e. The number of benzene rings is 1. The van der Waals surface area contributed by atoms with E-state index in [1.807, 2.05) is 6.92 Å². The molecule has 0 heterocycles. The fraction of sp³-hybridized carbons (Fsp3) is 0.526. The predicted octanol–water partition coefficient (Wildman–Crippen LogP) is 2.41. The topological polar surface area (TPSA) is 103 Å². The molecule has 0 spiro atoms. The lowest BCUT2D eigenvalue weighted by Gasteiger charge is -2.21. The number of ether oxygens (including phenoxy) is 3. The first-order valence-electron chi connectivity index (χ1n) is 8.79. The maximum atomic E-state index is 11.9. The lowest BCUT2D eigenvalue weighted by Crippen LogP contribution is -2.50. The van der Waals surface area contributed by atoms with Gasteiger partial charge in [-0.2, -0.15) is 0 Å². The van der Waals surface area contributed by atoms with Crippen LogP contribution >= 0.6 is 0 Å². The molecule has 8 nitrogen and oxygen atoms in total. The lowest BCUT2D eigenvalue weighted by molar-refractivity contribution is -0.156. The van der Waals surface area contributed by atoms with Crippen LogP contribution in [0.2, 0.25) is 0 Å². The third-order valence-electron chi connectivity index (χ3n) is 3.06. The molecule has 8 heteroatoms. The number of carbonyl (C=O) groups excluding carboxylic acids is 3. The molecule has 150 valence electrons. The SMILES string of the molecule is CCCOc1ccccc1OCC(=O)O[C@H](C)C(=O)NC(=O)NC(C)(C)C. The number of esters is 1. The molecule has 0 radical (unpaired) electrons. The molecule has 0 aromatic heterocycles. The van der Waals surface area contributed by atoms with Gasteiger partial charge in [0.2, 0.25) is 0 Å². The number of nitrogens with one attached hydrogen (secondary N) is 2. The molecule has 3 amide bonds. The van der Waals surface area contributed by atoms with Crippen LogP contribution in [-0.4, -0.2) is 42.8 Å². The van der Waals surface area contributed by atoms with E-state index in [-0.39, 0.29) is 0 Å². The van der Waals surface area contributed by atoms with Gasteiger partial charge in [-0.3, -0.25) is 10.1 Å². The highest BCUT2D eigenvalue weighted by Gasteiger charge is 2.22. The molecule has 1 atom stereocenters. The molecule has 1 aromatic rings. The van der Waals surface area contributed by atoms with Crippen molar-refractivity contribution < 1.29 is 28.6 Å². The van der Waals surface area contributed by atoms with Crippen molar-refractivity contribution in [3.05, 3.63) is 24.3 Å². The van der Waals surface area contributed by atoms with Gasteiger partial charge in [0.15, 0.2) is 24.2 Å². The van der Waals surface area contributed by atoms with Crippen molar-refractivity contribution >= 4 is 17.9 Å². The van der Waals surface area contributed by atoms with Crippen LogP contribution in [0.15, 0.2) is 24.3 Å². The smallest absolute Gasteiger partial charge is 0.344 e. The summed E-state index contributed by atoms with van der Waals surface area (Å²) in [4.78, 5) is 35.5. The quantitative estimate of drug-likeness (QED) is 0.672. The van der Waals surface area contributed by atoms with Gasteiger partial charge in [0.05, 0.1) is 6.61 Å². The zero-order valence-electron chi connectivity index (χ0n) is 16.5. The summed E-state index contributed by atoms with van der Waals surface area (Å²) in [6.07, 6.45) is -0.301. The Labute approximate surface area is 159 Å². The second-order valence-corrected chi connectivity index (χ2v) is 6.91. The standard InChI is InChI=1S/C19H28N2O6/c1-6-11-25-14-9-7-8-10-15(14)26-12-16(22)27-13(2)17(23)20-18(24)21-19(3,4)5/h7-10,13H,6,11-12H2,1-5H3,(H2,20,21,23,24)/t13-/m1/s1. The number of carbonyl (C=O) groups is 3. The molecule has 27 heavy (non-hydrogen) atoms. The lowest BCUT2D eigenvalue weighted by atomic mass is 10.1. The van der Waals surface area contributed by atoms with E-state index < -0.39 is 36.2 Å². The number of hydrogen-bond acceptors (Lipinski definition) is 6. The van der Waals surface area contributed by atoms with Gasteiger partial charge >= 0.3 is 12.0 Å². The zero-order valence-corrected chi connectivity index (χ0v) is 16.5. The van der Waals surface area contributed by atoms with Crippen LogP contribution in [0.5, 0.6) is 11.5 Å². The van der Waals surface area contributed by atoms with Crippen LogP contribution in [0.3, 0.4) is 0 Å². The number of rotatable bonds is 8. The molecule has 0 aliphatic carbocycles. The molecule has 2 N–H and O–H groups in total. The Balaban J connectivity index is 2.48. The first-order valence-corrected chi connectivity index (χ1v) is 8.79. The van der Waals surface area contributed by atoms with Crippen LogP contribution in [0, 0.1) is 0 Å². The number of para-hydroxylation sites is 2. The Kier molecular flexibility index (Phi) is 8.58. The predicted molar refractivity (Wildman–Crippen MR) is 99.7 cm³/mol. The minimum atomic E-state index is -1.14. The van der Waals surface area contributed by atoms with Gasteiger partial charge in [0.25, 0.3) is 5.91 Å². The van der Waals surface area contributed by atoms with Crippen molar-refractivity contribution in [1.29, 1.82) is 0 Å². The number of amides is 3. The van der Waals surface area contributed by atoms with Crippen molar-refractivity contribution in [2.24, 2.45) is 0 Å². The highest BCUT2D eigenvalue weighted by Crippen LogP contribution is 2.26. The monoisotopic (exact) mass is 380 g/mol. The van der Waals surface area contributed by atoms with Gasteiger partial charge in [-0.15, -0.1) is 0 Å². The third kappa shape index (κ3) is 8.94. The molecule has 0 unspecified atom stereocenters. The van der Waals surface area contributed by atoms with Gasteiger partial charge in [0.1, 0.15) is 0 Å². The minimum absolute atomic E-state index is 0.391. The van der Waals surface area contributed by atoms with Crippen molar-refractivity contribution in [3.8, 4) is 11.5 Å². The normalized spacial score (nSPS) is 11.9. The average Bonchev–Trinajstić information content (AvgIpc) is 2.56. The van der Waals surface area contributed by atoms with Gasteiger partial charge < -0.3 is 19.5 Å². The maximum absolute atomic E-state index is 11.9. The van der Waals surface area contributed by atoms with Crippen LogP contribution in [0.1, 0.15) is 41.0 Å². The highest BCUT2D eigenvalue weighted by molar-refractivity contribution is 5.97. The molecular weight excluding hydrogens is 352 g/mol. The average molecular weight is 380 g/mol. The van der Waals surface area contributed by atoms with Crippen LogP contribution in [0.25, 0.3) is 0 Å². The van der Waals surface area contributed by atoms with E-state index in [2.05, 4.69) is 10.6 Å². The summed E-state index contributed by atoms with van der Waals surface area (Å²) in [6.45, 7) is 8.82. The molecule has 0 bridgehead atoms. The Morgan fingerprint density at radius 3 is 2.22 bits per heavy atom. The highest BCUT2D eigenvalue weighted by atomic mass is 16.6. The molecule has 0 saturated heterocycles. The third-order valence-corrected chi connectivity index (χ3v) is 3.06. The summed E-state index contributed by atoms with van der Waals surface area (Å²) < 4.78 is 15.9. The summed E-state index contributed by atoms with van der Waals surface area (Å²) in [5.41, 5.74) is -0.495. The van der Waals surface area contributed by atoms with Crippen LogP contribution < -0.4 is 20.1 Å². The van der Waals surface area contributed by atoms with E-state index in [0.717, 1.165) is 6.42 Å². The Morgan fingerprint density at radius 1 is 1.07 bits per heavy atom. The summed E-state index contributed by atoms with van der Waals surface area (Å²) in [5.74, 6) is -0.530. The van der Waals surface area contributed by atoms with E-state index in [0.29, 0.717) is 18.1 Å². The molecular formula is C19H28N2O6. The van der Waals surface area contributed by atoms with E-state index >= 15 is 0 Å². The van der Waals surface area contributed by atoms with Crippen LogP contribution in [0.4, 0.5) is 4.79 Å². The van der Waals surface area contributed by atoms with Gasteiger partial charge in [-0.25, -0.2) is 9.59 Å². The van der Waals surface area contributed by atoms with Crippen LogP contribution in [-0.2, 0) is 14.3 Å². The Morgan fingerprint density at radius 2 is 1.67 bits per heavy atom. The molecule has 0 fully saturated rings. The van der Waals surface area contributed by atoms with E-state index in [1.54, 1.807) is 45.0 Å². The molecule has 1 aromatic carbocycles. The van der Waals surface area contributed by atoms with Gasteiger partial charge in [-0.1, -0.05) is 19.1 Å². The fourth-order valence-electron chi connectivity index (χ4n) is 1.91. The summed E-state index contributed by atoms with van der Waals surface area (Å²) in [5, 5.41) is 4.70. The van der Waals surface area contributed by atoms with Crippen molar-refractivity contribution in [2.75, 3.05) is 13.2 Å². The van der Waals surface area contributed by atoms with Crippen molar-refractivity contribution in [2.45, 2.75) is 52.7 Å². The second kappa shape index (κ2) is 10.4. The largest absolute Gasteiger partial charge is 0.490 e. The summed E-state index contributed by atoms with van der Waals surface area (Å²) in [6, 6.07) is 6.30.